The lowest BCUT2D eigenvalue weighted by Gasteiger charge is -2.29. The van der Waals surface area contributed by atoms with Crippen LogP contribution in [0.25, 0.3) is 0 Å². The van der Waals surface area contributed by atoms with Crippen LogP contribution in [-0.4, -0.2) is 24.2 Å². The van der Waals surface area contributed by atoms with Crippen LogP contribution >= 0.6 is 0 Å². The SMILES string of the molecule is Cc1noc(C)c1COc1ccc(C(=O)N2CCOc3ccccc32)cc1. The van der Waals surface area contributed by atoms with Gasteiger partial charge in [0.2, 0.25) is 0 Å². The molecule has 0 bridgehead atoms. The molecule has 1 aromatic heterocycles. The van der Waals surface area contributed by atoms with E-state index in [1.54, 1.807) is 29.2 Å². The van der Waals surface area contributed by atoms with E-state index in [0.29, 0.717) is 31.1 Å². The van der Waals surface area contributed by atoms with Gasteiger partial charge in [0, 0.05) is 5.56 Å². The summed E-state index contributed by atoms with van der Waals surface area (Å²) in [6.45, 7) is 5.14. The highest BCUT2D eigenvalue weighted by Crippen LogP contribution is 2.32. The molecule has 4 rings (SSSR count). The van der Waals surface area contributed by atoms with Crippen molar-refractivity contribution in [3.05, 3.63) is 71.1 Å². The number of ether oxygens (including phenoxy) is 2. The van der Waals surface area contributed by atoms with Gasteiger partial charge in [0.25, 0.3) is 5.91 Å². The smallest absolute Gasteiger partial charge is 0.258 e. The van der Waals surface area contributed by atoms with E-state index in [0.717, 1.165) is 28.5 Å². The fraction of sp³-hybridized carbons (Fsp3) is 0.238. The summed E-state index contributed by atoms with van der Waals surface area (Å²) in [6.07, 6.45) is 0. The summed E-state index contributed by atoms with van der Waals surface area (Å²) in [5, 5.41) is 3.92. The van der Waals surface area contributed by atoms with Crippen LogP contribution in [0.1, 0.15) is 27.4 Å². The highest BCUT2D eigenvalue weighted by Gasteiger charge is 2.24. The monoisotopic (exact) mass is 364 g/mol. The molecule has 0 fully saturated rings. The summed E-state index contributed by atoms with van der Waals surface area (Å²) in [5.41, 5.74) is 3.18. The molecule has 0 N–H and O–H groups in total. The molecule has 0 saturated carbocycles. The maximum atomic E-state index is 12.9. The van der Waals surface area contributed by atoms with Gasteiger partial charge in [0.05, 0.1) is 23.5 Å². The number of hydrogen-bond acceptors (Lipinski definition) is 5. The Labute approximate surface area is 157 Å². The third-order valence-corrected chi connectivity index (χ3v) is 4.64. The molecule has 0 unspecified atom stereocenters. The maximum Gasteiger partial charge on any atom is 0.258 e. The van der Waals surface area contributed by atoms with Crippen molar-refractivity contribution in [2.24, 2.45) is 0 Å². The second-order valence-electron chi connectivity index (χ2n) is 6.39. The molecule has 0 spiro atoms. The van der Waals surface area contributed by atoms with E-state index in [2.05, 4.69) is 5.16 Å². The fourth-order valence-corrected chi connectivity index (χ4v) is 3.09. The zero-order valence-electron chi connectivity index (χ0n) is 15.3. The number of hydrogen-bond donors (Lipinski definition) is 0. The second-order valence-corrected chi connectivity index (χ2v) is 6.39. The Bertz CT molecular complexity index is 943. The molecule has 0 aliphatic carbocycles. The summed E-state index contributed by atoms with van der Waals surface area (Å²) < 4.78 is 16.6. The van der Waals surface area contributed by atoms with Gasteiger partial charge in [0.15, 0.2) is 0 Å². The molecular weight excluding hydrogens is 344 g/mol. The van der Waals surface area contributed by atoms with Crippen LogP contribution in [0.2, 0.25) is 0 Å². The Morgan fingerprint density at radius 2 is 1.93 bits per heavy atom. The Kier molecular flexibility index (Phi) is 4.54. The van der Waals surface area contributed by atoms with Crippen molar-refractivity contribution in [3.8, 4) is 11.5 Å². The molecule has 6 nitrogen and oxygen atoms in total. The number of anilines is 1. The summed E-state index contributed by atoms with van der Waals surface area (Å²) in [7, 11) is 0. The number of carbonyl (C=O) groups is 1. The summed E-state index contributed by atoms with van der Waals surface area (Å²) in [5.74, 6) is 2.12. The average molecular weight is 364 g/mol. The number of aryl methyl sites for hydroxylation is 2. The highest BCUT2D eigenvalue weighted by atomic mass is 16.5. The minimum atomic E-state index is -0.0528. The van der Waals surface area contributed by atoms with Gasteiger partial charge in [0.1, 0.15) is 30.5 Å². The number of carbonyl (C=O) groups excluding carboxylic acids is 1. The Morgan fingerprint density at radius 1 is 1.15 bits per heavy atom. The van der Waals surface area contributed by atoms with Crippen LogP contribution < -0.4 is 14.4 Å². The number of nitrogens with zero attached hydrogens (tertiary/aromatic N) is 2. The predicted octanol–water partition coefficient (Wildman–Crippen LogP) is 3.91. The van der Waals surface area contributed by atoms with Gasteiger partial charge >= 0.3 is 0 Å². The first-order chi connectivity index (χ1) is 13.1. The second kappa shape index (κ2) is 7.15. The third-order valence-electron chi connectivity index (χ3n) is 4.64. The number of para-hydroxylation sites is 2. The Morgan fingerprint density at radius 3 is 2.67 bits per heavy atom. The van der Waals surface area contributed by atoms with Crippen LogP contribution in [0.15, 0.2) is 53.1 Å². The maximum absolute atomic E-state index is 12.9. The van der Waals surface area contributed by atoms with Gasteiger partial charge in [-0.2, -0.15) is 0 Å². The average Bonchev–Trinajstić information content (AvgIpc) is 3.03. The Hall–Kier alpha value is -3.28. The van der Waals surface area contributed by atoms with Crippen molar-refractivity contribution in [2.75, 3.05) is 18.1 Å². The van der Waals surface area contributed by atoms with Crippen LogP contribution in [0.3, 0.4) is 0 Å². The molecule has 0 atom stereocenters. The fourth-order valence-electron chi connectivity index (χ4n) is 3.09. The van der Waals surface area contributed by atoms with Crippen molar-refractivity contribution in [2.45, 2.75) is 20.5 Å². The number of rotatable bonds is 4. The van der Waals surface area contributed by atoms with Crippen molar-refractivity contribution in [1.29, 1.82) is 0 Å². The highest BCUT2D eigenvalue weighted by molar-refractivity contribution is 6.07. The first-order valence-electron chi connectivity index (χ1n) is 8.82. The van der Waals surface area contributed by atoms with Crippen molar-refractivity contribution < 1.29 is 18.8 Å². The molecule has 2 aromatic carbocycles. The van der Waals surface area contributed by atoms with Crippen LogP contribution in [0, 0.1) is 13.8 Å². The molecule has 6 heteroatoms. The molecule has 138 valence electrons. The van der Waals surface area contributed by atoms with Crippen LogP contribution in [0.4, 0.5) is 5.69 Å². The van der Waals surface area contributed by atoms with Crippen molar-refractivity contribution in [3.63, 3.8) is 0 Å². The first-order valence-corrected chi connectivity index (χ1v) is 8.82. The third kappa shape index (κ3) is 3.38. The zero-order valence-corrected chi connectivity index (χ0v) is 15.3. The largest absolute Gasteiger partial charge is 0.490 e. The summed E-state index contributed by atoms with van der Waals surface area (Å²) >= 11 is 0. The molecule has 2 heterocycles. The van der Waals surface area contributed by atoms with Gasteiger partial charge < -0.3 is 18.9 Å². The normalized spacial score (nSPS) is 13.0. The van der Waals surface area contributed by atoms with Crippen molar-refractivity contribution in [1.82, 2.24) is 5.16 Å². The van der Waals surface area contributed by atoms with E-state index in [9.17, 15) is 4.79 Å². The molecule has 0 saturated heterocycles. The number of aromatic nitrogens is 1. The van der Waals surface area contributed by atoms with E-state index in [1.165, 1.54) is 0 Å². The number of amides is 1. The lowest BCUT2D eigenvalue weighted by atomic mass is 10.1. The Balaban J connectivity index is 1.47. The molecule has 27 heavy (non-hydrogen) atoms. The van der Waals surface area contributed by atoms with E-state index in [4.69, 9.17) is 14.0 Å². The topological polar surface area (TPSA) is 64.8 Å². The molecule has 1 aliphatic heterocycles. The standard InChI is InChI=1S/C21H20N2O4/c1-14-18(15(2)27-22-14)13-26-17-9-7-16(8-10-17)21(24)23-11-12-25-20-6-4-3-5-19(20)23/h3-10H,11-13H2,1-2H3. The quantitative estimate of drug-likeness (QED) is 0.702. The molecule has 0 radical (unpaired) electrons. The lowest BCUT2D eigenvalue weighted by molar-refractivity contribution is 0.0976. The molecule has 1 amide bonds. The number of benzene rings is 2. The van der Waals surface area contributed by atoms with E-state index in [1.807, 2.05) is 38.1 Å². The minimum Gasteiger partial charge on any atom is -0.490 e. The summed E-state index contributed by atoms with van der Waals surface area (Å²) in [6, 6.07) is 14.7. The van der Waals surface area contributed by atoms with E-state index in [-0.39, 0.29) is 5.91 Å². The van der Waals surface area contributed by atoms with Gasteiger partial charge in [-0.1, -0.05) is 17.3 Å². The van der Waals surface area contributed by atoms with E-state index < -0.39 is 0 Å². The predicted molar refractivity (Wildman–Crippen MR) is 100 cm³/mol. The minimum absolute atomic E-state index is 0.0528. The van der Waals surface area contributed by atoms with Crippen LogP contribution in [0.5, 0.6) is 11.5 Å². The number of fused-ring (bicyclic) bond motifs is 1. The molecule has 3 aromatic rings. The van der Waals surface area contributed by atoms with Crippen molar-refractivity contribution >= 4 is 11.6 Å². The van der Waals surface area contributed by atoms with Gasteiger partial charge in [-0.25, -0.2) is 0 Å². The van der Waals surface area contributed by atoms with Crippen LogP contribution in [-0.2, 0) is 6.61 Å². The van der Waals surface area contributed by atoms with Gasteiger partial charge in [-0.15, -0.1) is 0 Å². The van der Waals surface area contributed by atoms with E-state index >= 15 is 0 Å². The zero-order chi connectivity index (χ0) is 18.8. The lowest BCUT2D eigenvalue weighted by Crippen LogP contribution is -2.37. The van der Waals surface area contributed by atoms with Gasteiger partial charge in [-0.3, -0.25) is 4.79 Å². The molecular formula is C21H20N2O4. The summed E-state index contributed by atoms with van der Waals surface area (Å²) in [4.78, 5) is 14.7. The first kappa shape index (κ1) is 17.1. The molecule has 1 aliphatic rings. The van der Waals surface area contributed by atoms with Gasteiger partial charge in [-0.05, 0) is 50.2 Å².